The third-order valence-corrected chi connectivity index (χ3v) is 3.78. The maximum absolute atomic E-state index is 4.36. The molecule has 0 amide bonds. The van der Waals surface area contributed by atoms with E-state index in [0.29, 0.717) is 0 Å². The van der Waals surface area contributed by atoms with Crippen molar-refractivity contribution in [3.8, 4) is 0 Å². The predicted molar refractivity (Wildman–Crippen MR) is 71.2 cm³/mol. The number of nitrogens with one attached hydrogen (secondary N) is 1. The lowest BCUT2D eigenvalue weighted by Crippen LogP contribution is -2.18. The largest absolute Gasteiger partial charge is 0.311 e. The quantitative estimate of drug-likeness (QED) is 0.825. The Morgan fingerprint density at radius 1 is 1.29 bits per heavy atom. The number of nitrogens with zero attached hydrogens (tertiary/aromatic N) is 2. The monoisotopic (exact) mass is 247 g/mol. The number of hydrogen-bond donors (Lipinski definition) is 1. The van der Waals surface area contributed by atoms with E-state index in [2.05, 4.69) is 35.2 Å². The number of rotatable bonds is 5. The highest BCUT2D eigenvalue weighted by atomic mass is 32.1. The van der Waals surface area contributed by atoms with Gasteiger partial charge in [0.2, 0.25) is 0 Å². The molecule has 0 fully saturated rings. The summed E-state index contributed by atoms with van der Waals surface area (Å²) in [5.41, 5.74) is 5.45. The van der Waals surface area contributed by atoms with Gasteiger partial charge < -0.3 is 5.32 Å². The second-order valence-corrected chi connectivity index (χ2v) is 4.99. The van der Waals surface area contributed by atoms with E-state index in [1.165, 1.54) is 10.4 Å². The molecule has 17 heavy (non-hydrogen) atoms. The van der Waals surface area contributed by atoms with E-state index in [1.54, 1.807) is 11.3 Å². The van der Waals surface area contributed by atoms with E-state index in [4.69, 9.17) is 0 Å². The Morgan fingerprint density at radius 3 is 2.88 bits per heavy atom. The summed E-state index contributed by atoms with van der Waals surface area (Å²) in [6.07, 6.45) is 2.89. The Bertz CT molecular complexity index is 479. The summed E-state index contributed by atoms with van der Waals surface area (Å²) in [6, 6.07) is 4.07. The van der Waals surface area contributed by atoms with E-state index in [-0.39, 0.29) is 0 Å². The molecule has 0 bridgehead atoms. The Labute approximate surface area is 106 Å². The van der Waals surface area contributed by atoms with Crippen molar-refractivity contribution in [2.45, 2.75) is 26.8 Å². The summed E-state index contributed by atoms with van der Waals surface area (Å²) in [5, 5.41) is 3.42. The van der Waals surface area contributed by atoms with Crippen LogP contribution in [0.5, 0.6) is 0 Å². The average Bonchev–Trinajstić information content (AvgIpc) is 2.73. The van der Waals surface area contributed by atoms with Crippen LogP contribution in [0.4, 0.5) is 0 Å². The van der Waals surface area contributed by atoms with Gasteiger partial charge in [-0.15, -0.1) is 11.3 Å². The molecule has 0 unspecified atom stereocenters. The van der Waals surface area contributed by atoms with Crippen molar-refractivity contribution in [1.29, 1.82) is 0 Å². The molecule has 90 valence electrons. The number of thiazole rings is 1. The first kappa shape index (κ1) is 12.2. The van der Waals surface area contributed by atoms with Gasteiger partial charge in [-0.05, 0) is 31.9 Å². The third kappa shape index (κ3) is 3.35. The molecule has 0 aliphatic rings. The van der Waals surface area contributed by atoms with E-state index >= 15 is 0 Å². The summed E-state index contributed by atoms with van der Waals surface area (Å²) in [5.74, 6) is 0. The van der Waals surface area contributed by atoms with Gasteiger partial charge in [-0.3, -0.25) is 4.98 Å². The molecule has 0 saturated carbocycles. The Balaban J connectivity index is 1.77. The number of hydrogen-bond acceptors (Lipinski definition) is 4. The number of pyridine rings is 1. The van der Waals surface area contributed by atoms with Crippen molar-refractivity contribution in [3.63, 3.8) is 0 Å². The lowest BCUT2D eigenvalue weighted by atomic mass is 10.2. The van der Waals surface area contributed by atoms with Crippen molar-refractivity contribution in [1.82, 2.24) is 15.3 Å². The van der Waals surface area contributed by atoms with Crippen molar-refractivity contribution in [3.05, 3.63) is 45.7 Å². The van der Waals surface area contributed by atoms with Gasteiger partial charge >= 0.3 is 0 Å². The van der Waals surface area contributed by atoms with Crippen LogP contribution in [0, 0.1) is 13.8 Å². The lowest BCUT2D eigenvalue weighted by Gasteiger charge is -2.06. The van der Waals surface area contributed by atoms with Crippen LogP contribution in [0.1, 0.15) is 21.8 Å². The van der Waals surface area contributed by atoms with Crippen LogP contribution in [0.15, 0.2) is 23.8 Å². The molecular weight excluding hydrogens is 230 g/mol. The van der Waals surface area contributed by atoms with Crippen LogP contribution < -0.4 is 5.32 Å². The van der Waals surface area contributed by atoms with Gasteiger partial charge in [0.15, 0.2) is 0 Å². The molecule has 2 aromatic rings. The fraction of sp³-hybridized carbons (Fsp3) is 0.385. The average molecular weight is 247 g/mol. The second-order valence-electron chi connectivity index (χ2n) is 4.05. The van der Waals surface area contributed by atoms with Crippen molar-refractivity contribution in [2.75, 3.05) is 6.54 Å². The van der Waals surface area contributed by atoms with Gasteiger partial charge in [-0.2, -0.15) is 0 Å². The topological polar surface area (TPSA) is 37.8 Å². The van der Waals surface area contributed by atoms with Gasteiger partial charge in [0.05, 0.1) is 16.9 Å². The molecule has 2 heterocycles. The Morgan fingerprint density at radius 2 is 2.18 bits per heavy atom. The minimum absolute atomic E-state index is 0.838. The Kier molecular flexibility index (Phi) is 4.23. The maximum atomic E-state index is 4.36. The minimum Gasteiger partial charge on any atom is -0.311 e. The number of aromatic nitrogens is 2. The molecular formula is C13H17N3S. The van der Waals surface area contributed by atoms with Gasteiger partial charge in [0.1, 0.15) is 0 Å². The van der Waals surface area contributed by atoms with Crippen molar-refractivity contribution < 1.29 is 0 Å². The summed E-state index contributed by atoms with van der Waals surface area (Å²) < 4.78 is 0. The lowest BCUT2D eigenvalue weighted by molar-refractivity contribution is 0.673. The van der Waals surface area contributed by atoms with Gasteiger partial charge in [-0.25, -0.2) is 4.98 Å². The molecule has 0 spiro atoms. The zero-order valence-corrected chi connectivity index (χ0v) is 11.0. The standard InChI is InChI=1S/C13H17N3S/c1-10-4-3-6-15-12(10)8-14-7-5-13-11(2)16-9-17-13/h3-4,6,9,14H,5,7-8H2,1-2H3. The van der Waals surface area contributed by atoms with E-state index in [9.17, 15) is 0 Å². The summed E-state index contributed by atoms with van der Waals surface area (Å²) in [6.45, 7) is 5.97. The smallest absolute Gasteiger partial charge is 0.0797 e. The predicted octanol–water partition coefficient (Wildman–Crippen LogP) is 2.49. The fourth-order valence-electron chi connectivity index (χ4n) is 1.68. The van der Waals surface area contributed by atoms with Crippen LogP contribution in [-0.2, 0) is 13.0 Å². The molecule has 2 rings (SSSR count). The highest BCUT2D eigenvalue weighted by molar-refractivity contribution is 7.09. The fourth-order valence-corrected chi connectivity index (χ4v) is 2.46. The van der Waals surface area contributed by atoms with Crippen LogP contribution in [-0.4, -0.2) is 16.5 Å². The van der Waals surface area contributed by atoms with E-state index in [0.717, 1.165) is 30.9 Å². The molecule has 0 radical (unpaired) electrons. The van der Waals surface area contributed by atoms with Crippen molar-refractivity contribution >= 4 is 11.3 Å². The van der Waals surface area contributed by atoms with Crippen LogP contribution >= 0.6 is 11.3 Å². The molecule has 2 aromatic heterocycles. The van der Waals surface area contributed by atoms with E-state index in [1.807, 2.05) is 17.8 Å². The molecule has 0 aliphatic carbocycles. The molecule has 0 atom stereocenters. The van der Waals surface area contributed by atoms with Gasteiger partial charge in [0, 0.05) is 24.2 Å². The first-order valence-corrected chi connectivity index (χ1v) is 6.65. The summed E-state index contributed by atoms with van der Waals surface area (Å²) >= 11 is 1.73. The molecule has 0 aromatic carbocycles. The summed E-state index contributed by atoms with van der Waals surface area (Å²) in [4.78, 5) is 9.97. The SMILES string of the molecule is Cc1cccnc1CNCCc1scnc1C. The highest BCUT2D eigenvalue weighted by Crippen LogP contribution is 2.12. The van der Waals surface area contributed by atoms with Crippen molar-refractivity contribution in [2.24, 2.45) is 0 Å². The van der Waals surface area contributed by atoms with Crippen LogP contribution in [0.3, 0.4) is 0 Å². The third-order valence-electron chi connectivity index (χ3n) is 2.78. The maximum Gasteiger partial charge on any atom is 0.0797 e. The van der Waals surface area contributed by atoms with Gasteiger partial charge in [-0.1, -0.05) is 6.07 Å². The second kappa shape index (κ2) is 5.89. The first-order valence-electron chi connectivity index (χ1n) is 5.77. The highest BCUT2D eigenvalue weighted by Gasteiger charge is 2.01. The van der Waals surface area contributed by atoms with E-state index < -0.39 is 0 Å². The van der Waals surface area contributed by atoms with Gasteiger partial charge in [0.25, 0.3) is 0 Å². The molecule has 4 heteroatoms. The zero-order valence-electron chi connectivity index (χ0n) is 10.2. The molecule has 0 aliphatic heterocycles. The summed E-state index contributed by atoms with van der Waals surface area (Å²) in [7, 11) is 0. The molecule has 0 saturated heterocycles. The van der Waals surface area contributed by atoms with Crippen LogP contribution in [0.25, 0.3) is 0 Å². The first-order chi connectivity index (χ1) is 8.27. The number of aryl methyl sites for hydroxylation is 2. The molecule has 1 N–H and O–H groups in total. The normalized spacial score (nSPS) is 10.7. The molecule has 3 nitrogen and oxygen atoms in total. The minimum atomic E-state index is 0.838. The zero-order chi connectivity index (χ0) is 12.1. The Hall–Kier alpha value is -1.26. The van der Waals surface area contributed by atoms with Crippen LogP contribution in [0.2, 0.25) is 0 Å².